The van der Waals surface area contributed by atoms with E-state index in [-0.39, 0.29) is 5.16 Å². The summed E-state index contributed by atoms with van der Waals surface area (Å²) in [6.07, 6.45) is 4.39. The molecule has 0 saturated heterocycles. The molecule has 0 saturated carbocycles. The monoisotopic (exact) mass is 357 g/mol. The highest BCUT2D eigenvalue weighted by Gasteiger charge is 2.12. The van der Waals surface area contributed by atoms with Crippen LogP contribution in [0.5, 0.6) is 0 Å². The molecule has 0 radical (unpaired) electrons. The first-order valence-corrected chi connectivity index (χ1v) is 8.82. The number of nitrogens with zero attached hydrogens (tertiary/aromatic N) is 4. The third-order valence-corrected chi connectivity index (χ3v) is 4.24. The van der Waals surface area contributed by atoms with Gasteiger partial charge in [0.1, 0.15) is 17.4 Å². The fourth-order valence-electron chi connectivity index (χ4n) is 2.20. The van der Waals surface area contributed by atoms with Crippen LogP contribution in [0.4, 0.5) is 11.5 Å². The Labute approximate surface area is 146 Å². The molecule has 8 nitrogen and oxygen atoms in total. The van der Waals surface area contributed by atoms with E-state index in [1.165, 1.54) is 25.9 Å². The van der Waals surface area contributed by atoms with E-state index in [1.807, 2.05) is 6.92 Å². The Morgan fingerprint density at radius 3 is 2.76 bits per heavy atom. The summed E-state index contributed by atoms with van der Waals surface area (Å²) in [4.78, 5) is 28.4. The van der Waals surface area contributed by atoms with E-state index in [1.54, 1.807) is 18.2 Å². The molecule has 1 unspecified atom stereocenters. The Morgan fingerprint density at radius 1 is 1.24 bits per heavy atom. The second-order valence-electron chi connectivity index (χ2n) is 5.21. The molecule has 0 fully saturated rings. The molecule has 0 aliphatic heterocycles. The summed E-state index contributed by atoms with van der Waals surface area (Å²) in [7, 11) is 0.00793. The SMILES string of the molecule is COC(=O)c1ccc(C)c(Nc2ncnc3cnc(S(C)=O)nc23)c1. The number of fused-ring (bicyclic) bond motifs is 1. The number of aryl methyl sites for hydroxylation is 1. The number of nitrogens with one attached hydrogen (secondary N) is 1. The number of methoxy groups -OCH3 is 1. The first-order chi connectivity index (χ1) is 12.0. The van der Waals surface area contributed by atoms with Gasteiger partial charge in [0.2, 0.25) is 5.16 Å². The van der Waals surface area contributed by atoms with Crippen LogP contribution in [0.25, 0.3) is 11.0 Å². The van der Waals surface area contributed by atoms with E-state index in [0.717, 1.165) is 5.56 Å². The van der Waals surface area contributed by atoms with E-state index in [2.05, 4.69) is 25.3 Å². The van der Waals surface area contributed by atoms with Crippen molar-refractivity contribution in [1.29, 1.82) is 0 Å². The van der Waals surface area contributed by atoms with Gasteiger partial charge in [-0.3, -0.25) is 4.21 Å². The molecule has 25 heavy (non-hydrogen) atoms. The first-order valence-electron chi connectivity index (χ1n) is 7.26. The molecule has 9 heteroatoms. The minimum Gasteiger partial charge on any atom is -0.465 e. The topological polar surface area (TPSA) is 107 Å². The van der Waals surface area contributed by atoms with E-state index in [4.69, 9.17) is 4.74 Å². The Morgan fingerprint density at radius 2 is 2.04 bits per heavy atom. The van der Waals surface area contributed by atoms with Crippen molar-refractivity contribution >= 4 is 39.3 Å². The van der Waals surface area contributed by atoms with Crippen molar-refractivity contribution in [3.8, 4) is 0 Å². The van der Waals surface area contributed by atoms with Crippen LogP contribution in [0.1, 0.15) is 15.9 Å². The van der Waals surface area contributed by atoms with E-state index in [0.29, 0.717) is 28.1 Å². The number of benzene rings is 1. The van der Waals surface area contributed by atoms with Crippen LogP contribution in [0, 0.1) is 6.92 Å². The summed E-state index contributed by atoms with van der Waals surface area (Å²) in [6, 6.07) is 5.17. The molecule has 128 valence electrons. The molecule has 0 aliphatic carbocycles. The average Bonchev–Trinajstić information content (AvgIpc) is 2.62. The third kappa shape index (κ3) is 3.45. The van der Waals surface area contributed by atoms with Crippen LogP contribution >= 0.6 is 0 Å². The van der Waals surface area contributed by atoms with Crippen LogP contribution in [0.3, 0.4) is 0 Å². The van der Waals surface area contributed by atoms with Crippen LogP contribution in [0.15, 0.2) is 35.9 Å². The van der Waals surface area contributed by atoms with Gasteiger partial charge >= 0.3 is 5.97 Å². The van der Waals surface area contributed by atoms with Crippen LogP contribution in [-0.2, 0) is 15.5 Å². The lowest BCUT2D eigenvalue weighted by atomic mass is 10.1. The van der Waals surface area contributed by atoms with Gasteiger partial charge in [0, 0.05) is 11.9 Å². The maximum atomic E-state index is 11.7. The number of aromatic nitrogens is 4. The zero-order valence-electron chi connectivity index (χ0n) is 13.8. The average molecular weight is 357 g/mol. The predicted octanol–water partition coefficient (Wildman–Crippen LogP) is 2.00. The molecular formula is C16H15N5O3S. The van der Waals surface area contributed by atoms with Gasteiger partial charge in [0.25, 0.3) is 0 Å². The molecule has 2 aromatic heterocycles. The number of carbonyl (C=O) groups is 1. The molecule has 0 bridgehead atoms. The summed E-state index contributed by atoms with van der Waals surface area (Å²) in [6.45, 7) is 1.90. The fraction of sp³-hybridized carbons (Fsp3) is 0.188. The lowest BCUT2D eigenvalue weighted by molar-refractivity contribution is 0.0601. The van der Waals surface area contributed by atoms with E-state index in [9.17, 15) is 9.00 Å². The van der Waals surface area contributed by atoms with E-state index >= 15 is 0 Å². The van der Waals surface area contributed by atoms with Gasteiger partial charge in [0.05, 0.1) is 29.7 Å². The molecule has 2 heterocycles. The summed E-state index contributed by atoms with van der Waals surface area (Å²) in [5.41, 5.74) is 2.98. The number of ether oxygens (including phenoxy) is 1. The smallest absolute Gasteiger partial charge is 0.337 e. The quantitative estimate of drug-likeness (QED) is 0.558. The number of carbonyl (C=O) groups excluding carboxylic acids is 1. The van der Waals surface area contributed by atoms with Crippen molar-refractivity contribution in [2.45, 2.75) is 12.1 Å². The number of esters is 1. The minimum atomic E-state index is -1.32. The molecule has 3 aromatic rings. The van der Waals surface area contributed by atoms with Crippen molar-refractivity contribution in [2.75, 3.05) is 18.7 Å². The van der Waals surface area contributed by atoms with Crippen LogP contribution < -0.4 is 5.32 Å². The third-order valence-electron chi connectivity index (χ3n) is 3.52. The highest BCUT2D eigenvalue weighted by atomic mass is 32.2. The van der Waals surface area contributed by atoms with Crippen LogP contribution in [-0.4, -0.2) is 43.5 Å². The zero-order chi connectivity index (χ0) is 18.0. The van der Waals surface area contributed by atoms with Crippen molar-refractivity contribution in [1.82, 2.24) is 19.9 Å². The highest BCUT2D eigenvalue weighted by molar-refractivity contribution is 7.84. The number of anilines is 2. The Hall–Kier alpha value is -2.94. The Kier molecular flexibility index (Phi) is 4.66. The van der Waals surface area contributed by atoms with Crippen molar-refractivity contribution < 1.29 is 13.7 Å². The molecule has 3 rings (SSSR count). The van der Waals surface area contributed by atoms with Gasteiger partial charge in [-0.05, 0) is 24.6 Å². The van der Waals surface area contributed by atoms with Gasteiger partial charge in [0.15, 0.2) is 5.82 Å². The lowest BCUT2D eigenvalue weighted by Gasteiger charge is -2.11. The molecule has 0 spiro atoms. The van der Waals surface area contributed by atoms with Gasteiger partial charge in [-0.15, -0.1) is 0 Å². The molecular weight excluding hydrogens is 342 g/mol. The summed E-state index contributed by atoms with van der Waals surface area (Å²) >= 11 is 0. The van der Waals surface area contributed by atoms with Gasteiger partial charge in [-0.25, -0.2) is 24.7 Å². The zero-order valence-corrected chi connectivity index (χ0v) is 14.6. The first kappa shape index (κ1) is 16.9. The summed E-state index contributed by atoms with van der Waals surface area (Å²) in [5.74, 6) is 0.00537. The molecule has 0 aliphatic rings. The largest absolute Gasteiger partial charge is 0.465 e. The second kappa shape index (κ2) is 6.89. The van der Waals surface area contributed by atoms with Crippen LogP contribution in [0.2, 0.25) is 0 Å². The Bertz CT molecular complexity index is 993. The predicted molar refractivity (Wildman–Crippen MR) is 93.3 cm³/mol. The lowest BCUT2D eigenvalue weighted by Crippen LogP contribution is -2.05. The van der Waals surface area contributed by atoms with Crippen molar-refractivity contribution in [2.24, 2.45) is 0 Å². The number of hydrogen-bond donors (Lipinski definition) is 1. The summed E-state index contributed by atoms with van der Waals surface area (Å²) < 4.78 is 16.4. The molecule has 1 atom stereocenters. The molecule has 1 N–H and O–H groups in total. The second-order valence-corrected chi connectivity index (χ2v) is 6.48. The van der Waals surface area contributed by atoms with Crippen molar-refractivity contribution in [3.63, 3.8) is 0 Å². The minimum absolute atomic E-state index is 0.199. The highest BCUT2D eigenvalue weighted by Crippen LogP contribution is 2.25. The maximum Gasteiger partial charge on any atom is 0.337 e. The normalized spacial score (nSPS) is 12.0. The molecule has 1 aromatic carbocycles. The van der Waals surface area contributed by atoms with Gasteiger partial charge in [-0.2, -0.15) is 0 Å². The Balaban J connectivity index is 2.07. The fourth-order valence-corrected chi connectivity index (χ4v) is 2.62. The number of hydrogen-bond acceptors (Lipinski definition) is 8. The van der Waals surface area contributed by atoms with E-state index < -0.39 is 16.8 Å². The molecule has 0 amide bonds. The summed E-state index contributed by atoms with van der Waals surface area (Å²) in [5, 5.41) is 3.35. The van der Waals surface area contributed by atoms with Gasteiger partial charge in [-0.1, -0.05) is 6.07 Å². The maximum absolute atomic E-state index is 11.7. The van der Waals surface area contributed by atoms with Gasteiger partial charge < -0.3 is 10.1 Å². The number of rotatable bonds is 4. The van der Waals surface area contributed by atoms with Crippen molar-refractivity contribution in [3.05, 3.63) is 41.9 Å². The standard InChI is InChI=1S/C16H15N5O3S/c1-9-4-5-10(15(22)24-2)6-11(9)20-14-13-12(18-8-19-14)7-17-16(21-13)25(3)23/h4-8H,1-3H3,(H,18,19,20).